The summed E-state index contributed by atoms with van der Waals surface area (Å²) < 4.78 is 29.1. The molecule has 2 saturated heterocycles. The summed E-state index contributed by atoms with van der Waals surface area (Å²) in [5.41, 5.74) is 12.9. The van der Waals surface area contributed by atoms with Crippen molar-refractivity contribution in [2.24, 2.45) is 11.7 Å². The van der Waals surface area contributed by atoms with E-state index < -0.39 is 59.8 Å². The van der Waals surface area contributed by atoms with E-state index in [4.69, 9.17) is 46.8 Å². The maximum absolute atomic E-state index is 14.1. The van der Waals surface area contributed by atoms with Crippen molar-refractivity contribution in [3.8, 4) is 5.75 Å². The number of methoxy groups -OCH3 is 2. The number of fused-ring (bicyclic) bond motifs is 5. The molecule has 0 saturated carbocycles. The standard InChI is InChI=1S/C39H48ClN5O9/c1-8-25(41)17-24-12-13-26(18-27(24)42)43-36(47)53-32-19-33(46)45(5)28-15-23(16-29(50-6)34(28)40)14-21(2)10-9-11-31(51-7)39(49)20-30(52-37(48)44-39)22(3)35-38(32,4)54-35/h8-13,15-18,22,30-32,35,49H,1,14,19-20,41-42H2,2-7H3,(H,43,47)(H,44,48)/b11-9+,21-10+,25-17+/t22-,30+,31-,32+,35+,38+,39+/m1/s1. The van der Waals surface area contributed by atoms with Crippen LogP contribution in [0.5, 0.6) is 5.75 Å². The molecule has 7 atom stereocenters. The third-order valence-corrected chi connectivity index (χ3v) is 10.5. The number of hydrogen-bond donors (Lipinski definition) is 5. The van der Waals surface area contributed by atoms with Gasteiger partial charge < -0.3 is 45.2 Å². The molecule has 0 spiro atoms. The number of epoxide rings is 1. The highest BCUT2D eigenvalue weighted by molar-refractivity contribution is 6.35. The van der Waals surface area contributed by atoms with Gasteiger partial charge in [0.15, 0.2) is 5.72 Å². The average molecular weight is 766 g/mol. The fourth-order valence-electron chi connectivity index (χ4n) is 6.90. The Bertz CT molecular complexity index is 1900. The molecule has 7 N–H and O–H groups in total. The van der Waals surface area contributed by atoms with Gasteiger partial charge in [-0.15, -0.1) is 0 Å². The zero-order valence-electron chi connectivity index (χ0n) is 31.2. The Labute approximate surface area is 319 Å². The van der Waals surface area contributed by atoms with Crippen molar-refractivity contribution in [2.75, 3.05) is 37.2 Å². The number of anilines is 3. The SMILES string of the molecule is C=C/C(N)=C\c1ccc(NC(=O)O[C@H]2CC(=O)N(C)c3cc(cc(OC)c3Cl)C/C(C)=C/C=C/[C@@H](OC)[C@@]3(O)C[C@H](OC(=O)N3)[C@@H](C)[C@@H]3O[C@@]23C)cc1N. The Kier molecular flexibility index (Phi) is 12.0. The van der Waals surface area contributed by atoms with Gasteiger partial charge in [0.05, 0.1) is 25.3 Å². The number of allylic oxidation sites excluding steroid dienone is 4. The van der Waals surface area contributed by atoms with E-state index in [0.29, 0.717) is 40.5 Å². The number of carbonyl (C=O) groups excluding carboxylic acids is 3. The lowest BCUT2D eigenvalue weighted by atomic mass is 9.83. The number of alkyl carbamates (subject to hydrolysis) is 1. The molecule has 0 radical (unpaired) electrons. The number of halogens is 1. The molecule has 3 heterocycles. The fourth-order valence-corrected chi connectivity index (χ4v) is 7.22. The zero-order chi connectivity index (χ0) is 39.5. The smallest absolute Gasteiger partial charge is 0.412 e. The molecule has 3 amide bonds. The van der Waals surface area contributed by atoms with Crippen molar-refractivity contribution in [2.45, 2.75) is 75.8 Å². The second-order valence-corrected chi connectivity index (χ2v) is 14.4. The Morgan fingerprint density at radius 3 is 2.65 bits per heavy atom. The van der Waals surface area contributed by atoms with Gasteiger partial charge in [0, 0.05) is 43.6 Å². The van der Waals surface area contributed by atoms with Crippen LogP contribution in [0.1, 0.15) is 44.7 Å². The van der Waals surface area contributed by atoms with Crippen molar-refractivity contribution in [1.82, 2.24) is 5.32 Å². The van der Waals surface area contributed by atoms with Crippen LogP contribution in [0.3, 0.4) is 0 Å². The third kappa shape index (κ3) is 8.68. The molecule has 4 bridgehead atoms. The second kappa shape index (κ2) is 16.1. The number of nitrogens with two attached hydrogens (primary N) is 2. The number of nitrogens with zero attached hydrogens (tertiary/aromatic N) is 1. The summed E-state index contributed by atoms with van der Waals surface area (Å²) in [6.07, 6.45) is 3.18. The van der Waals surface area contributed by atoms with Gasteiger partial charge in [-0.25, -0.2) is 9.59 Å². The quantitative estimate of drug-likeness (QED) is 0.143. The molecule has 5 rings (SSSR count). The molecule has 15 heteroatoms. The molecule has 3 aliphatic rings. The summed E-state index contributed by atoms with van der Waals surface area (Å²) in [5, 5.41) is 17.1. The van der Waals surface area contributed by atoms with Gasteiger partial charge in [0.25, 0.3) is 0 Å². The number of nitrogens with one attached hydrogen (secondary N) is 2. The molecule has 0 aromatic heterocycles. The van der Waals surface area contributed by atoms with Crippen LogP contribution >= 0.6 is 11.6 Å². The highest BCUT2D eigenvalue weighted by Crippen LogP contribution is 2.49. The van der Waals surface area contributed by atoms with Crippen LogP contribution in [0, 0.1) is 5.92 Å². The van der Waals surface area contributed by atoms with Gasteiger partial charge in [-0.1, -0.05) is 55.0 Å². The molecule has 2 fully saturated rings. The number of carbonyl (C=O) groups is 3. The number of rotatable bonds is 6. The first-order chi connectivity index (χ1) is 25.5. The molecule has 2 aromatic rings. The average Bonchev–Trinajstić information content (AvgIpc) is 3.82. The topological polar surface area (TPSA) is 200 Å². The van der Waals surface area contributed by atoms with Crippen molar-refractivity contribution in [1.29, 1.82) is 0 Å². The lowest BCUT2D eigenvalue weighted by Crippen LogP contribution is -2.63. The van der Waals surface area contributed by atoms with E-state index >= 15 is 0 Å². The zero-order valence-corrected chi connectivity index (χ0v) is 31.9. The Hall–Kier alpha value is -5.02. The van der Waals surface area contributed by atoms with Gasteiger partial charge in [-0.2, -0.15) is 0 Å². The summed E-state index contributed by atoms with van der Waals surface area (Å²) in [6.45, 7) is 9.07. The number of nitrogen functional groups attached to an aromatic ring is 1. The summed E-state index contributed by atoms with van der Waals surface area (Å²) in [5.74, 6) is -0.593. The molecule has 54 heavy (non-hydrogen) atoms. The molecule has 2 aromatic carbocycles. The minimum absolute atomic E-state index is 0.0513. The van der Waals surface area contributed by atoms with Gasteiger partial charge in [-0.05, 0) is 67.8 Å². The van der Waals surface area contributed by atoms with Crippen molar-refractivity contribution >= 4 is 52.8 Å². The normalized spacial score (nSPS) is 30.4. The van der Waals surface area contributed by atoms with E-state index in [0.717, 1.165) is 11.1 Å². The van der Waals surface area contributed by atoms with Crippen LogP contribution in [-0.2, 0) is 30.2 Å². The van der Waals surface area contributed by atoms with Crippen molar-refractivity contribution in [3.63, 3.8) is 0 Å². The minimum Gasteiger partial charge on any atom is -0.495 e. The molecular formula is C39H48ClN5O9. The number of aliphatic hydroxyl groups is 1. The highest BCUT2D eigenvalue weighted by Gasteiger charge is 2.64. The van der Waals surface area contributed by atoms with E-state index in [1.165, 1.54) is 25.2 Å². The predicted octanol–water partition coefficient (Wildman–Crippen LogP) is 5.44. The van der Waals surface area contributed by atoms with Crippen LogP contribution in [0.15, 0.2) is 72.5 Å². The van der Waals surface area contributed by atoms with E-state index in [1.54, 1.807) is 69.5 Å². The first-order valence-electron chi connectivity index (χ1n) is 17.4. The predicted molar refractivity (Wildman–Crippen MR) is 206 cm³/mol. The van der Waals surface area contributed by atoms with E-state index in [2.05, 4.69) is 17.2 Å². The molecule has 0 aliphatic carbocycles. The fraction of sp³-hybridized carbons (Fsp3) is 0.410. The number of benzene rings is 2. The number of hydrogen-bond acceptors (Lipinski definition) is 11. The Morgan fingerprint density at radius 2 is 1.98 bits per heavy atom. The first kappa shape index (κ1) is 40.2. The maximum atomic E-state index is 14.1. The Balaban J connectivity index is 1.51. The number of amides is 3. The molecule has 0 unspecified atom stereocenters. The monoisotopic (exact) mass is 765 g/mol. The number of ether oxygens (including phenoxy) is 5. The lowest BCUT2D eigenvalue weighted by molar-refractivity contribution is -0.142. The summed E-state index contributed by atoms with van der Waals surface area (Å²) in [6, 6.07) is 8.43. The van der Waals surface area contributed by atoms with Crippen LogP contribution in [0.25, 0.3) is 6.08 Å². The molecular weight excluding hydrogens is 718 g/mol. The van der Waals surface area contributed by atoms with Crippen LogP contribution in [0.2, 0.25) is 5.02 Å². The van der Waals surface area contributed by atoms with Crippen molar-refractivity contribution in [3.05, 3.63) is 88.6 Å². The van der Waals surface area contributed by atoms with Crippen LogP contribution in [0.4, 0.5) is 26.7 Å². The summed E-state index contributed by atoms with van der Waals surface area (Å²) in [7, 11) is 4.49. The first-order valence-corrected chi connectivity index (χ1v) is 17.7. The maximum Gasteiger partial charge on any atom is 0.412 e. The Morgan fingerprint density at radius 1 is 1.24 bits per heavy atom. The minimum atomic E-state index is -1.83. The van der Waals surface area contributed by atoms with E-state index in [-0.39, 0.29) is 17.9 Å². The molecule has 14 nitrogen and oxygen atoms in total. The van der Waals surface area contributed by atoms with Crippen LogP contribution < -0.4 is 31.7 Å². The lowest BCUT2D eigenvalue weighted by Gasteiger charge is -2.42. The van der Waals surface area contributed by atoms with Crippen LogP contribution in [-0.4, -0.2) is 80.2 Å². The molecule has 3 aliphatic heterocycles. The second-order valence-electron chi connectivity index (χ2n) is 14.0. The van der Waals surface area contributed by atoms with E-state index in [1.807, 2.05) is 13.0 Å². The van der Waals surface area contributed by atoms with Gasteiger partial charge in [0.1, 0.15) is 34.7 Å². The van der Waals surface area contributed by atoms with Gasteiger partial charge in [-0.3, -0.25) is 15.4 Å². The van der Waals surface area contributed by atoms with Gasteiger partial charge in [0.2, 0.25) is 5.91 Å². The summed E-state index contributed by atoms with van der Waals surface area (Å²) >= 11 is 6.76. The van der Waals surface area contributed by atoms with Gasteiger partial charge >= 0.3 is 12.2 Å². The summed E-state index contributed by atoms with van der Waals surface area (Å²) in [4.78, 5) is 41.9. The van der Waals surface area contributed by atoms with Crippen molar-refractivity contribution < 1.29 is 43.2 Å². The third-order valence-electron chi connectivity index (χ3n) is 10.1. The van der Waals surface area contributed by atoms with E-state index in [9.17, 15) is 19.5 Å². The largest absolute Gasteiger partial charge is 0.495 e. The highest BCUT2D eigenvalue weighted by atomic mass is 35.5. The molecule has 290 valence electrons.